The fourth-order valence-electron chi connectivity index (χ4n) is 1.18. The number of amides is 1. The van der Waals surface area contributed by atoms with Crippen molar-refractivity contribution in [3.8, 4) is 0 Å². The Morgan fingerprint density at radius 1 is 1.29 bits per heavy atom. The van der Waals surface area contributed by atoms with Crippen LogP contribution in [0.4, 0.5) is 5.69 Å². The summed E-state index contributed by atoms with van der Waals surface area (Å²) in [5, 5.41) is 2.70. The lowest BCUT2D eigenvalue weighted by molar-refractivity contribution is 0.102. The van der Waals surface area contributed by atoms with E-state index in [1.54, 1.807) is 24.5 Å². The minimum Gasteiger partial charge on any atom is -0.318 e. The summed E-state index contributed by atoms with van der Waals surface area (Å²) in [6.45, 7) is 1.81. The molecule has 2 aromatic heterocycles. The van der Waals surface area contributed by atoms with Gasteiger partial charge in [0.15, 0.2) is 0 Å². The van der Waals surface area contributed by atoms with Gasteiger partial charge in [-0.15, -0.1) is 0 Å². The number of anilines is 1. The second-order valence-corrected chi connectivity index (χ2v) is 4.09. The van der Waals surface area contributed by atoms with Crippen LogP contribution in [0, 0.1) is 6.92 Å². The Hall–Kier alpha value is -1.82. The lowest BCUT2D eigenvalue weighted by Crippen LogP contribution is -2.14. The highest BCUT2D eigenvalue weighted by Crippen LogP contribution is 2.18. The first-order valence-corrected chi connectivity index (χ1v) is 5.66. The van der Waals surface area contributed by atoms with Crippen molar-refractivity contribution >= 4 is 27.5 Å². The molecule has 1 amide bonds. The minimum absolute atomic E-state index is 0.270. The standard InChI is InChI=1S/C11H9BrN4O/c1-7-5-15-9(6-14-7)11(17)16-8-3-2-4-13-10(8)12/h2-6H,1H3,(H,16,17). The number of rotatable bonds is 2. The zero-order valence-corrected chi connectivity index (χ0v) is 10.6. The van der Waals surface area contributed by atoms with Crippen LogP contribution in [0.5, 0.6) is 0 Å². The molecule has 2 aromatic rings. The van der Waals surface area contributed by atoms with Gasteiger partial charge in [0.1, 0.15) is 10.3 Å². The van der Waals surface area contributed by atoms with E-state index in [9.17, 15) is 4.79 Å². The molecule has 0 radical (unpaired) electrons. The lowest BCUT2D eigenvalue weighted by Gasteiger charge is -2.05. The molecule has 0 aliphatic rings. The number of aryl methyl sites for hydroxylation is 1. The summed E-state index contributed by atoms with van der Waals surface area (Å²) in [6, 6.07) is 3.48. The molecule has 0 bridgehead atoms. The average Bonchev–Trinajstić information content (AvgIpc) is 2.33. The third-order valence-corrected chi connectivity index (χ3v) is 2.65. The number of nitrogens with one attached hydrogen (secondary N) is 1. The van der Waals surface area contributed by atoms with Gasteiger partial charge in [0.05, 0.1) is 17.6 Å². The predicted molar refractivity (Wildman–Crippen MR) is 66.7 cm³/mol. The fourth-order valence-corrected chi connectivity index (χ4v) is 1.52. The Morgan fingerprint density at radius 3 is 2.76 bits per heavy atom. The number of halogens is 1. The van der Waals surface area contributed by atoms with E-state index in [2.05, 4.69) is 36.2 Å². The Labute approximate surface area is 106 Å². The van der Waals surface area contributed by atoms with E-state index in [1.165, 1.54) is 6.20 Å². The minimum atomic E-state index is -0.314. The van der Waals surface area contributed by atoms with Gasteiger partial charge < -0.3 is 5.32 Å². The second kappa shape index (κ2) is 5.01. The molecule has 1 N–H and O–H groups in total. The van der Waals surface area contributed by atoms with Crippen molar-refractivity contribution < 1.29 is 4.79 Å². The van der Waals surface area contributed by atoms with Gasteiger partial charge in [-0.1, -0.05) is 0 Å². The van der Waals surface area contributed by atoms with Gasteiger partial charge in [0.25, 0.3) is 5.91 Å². The van der Waals surface area contributed by atoms with Gasteiger partial charge in [0, 0.05) is 12.4 Å². The third-order valence-electron chi connectivity index (χ3n) is 2.02. The summed E-state index contributed by atoms with van der Waals surface area (Å²) in [5.74, 6) is -0.314. The second-order valence-electron chi connectivity index (χ2n) is 3.34. The highest BCUT2D eigenvalue weighted by atomic mass is 79.9. The van der Waals surface area contributed by atoms with Crippen molar-refractivity contribution in [2.45, 2.75) is 6.92 Å². The van der Waals surface area contributed by atoms with Crippen LogP contribution in [-0.4, -0.2) is 20.9 Å². The Kier molecular flexibility index (Phi) is 3.43. The van der Waals surface area contributed by atoms with E-state index in [0.717, 1.165) is 5.69 Å². The smallest absolute Gasteiger partial charge is 0.275 e. The summed E-state index contributed by atoms with van der Waals surface area (Å²) in [4.78, 5) is 23.8. The zero-order valence-electron chi connectivity index (χ0n) is 9.01. The van der Waals surface area contributed by atoms with Crippen LogP contribution in [0.2, 0.25) is 0 Å². The Bertz CT molecular complexity index is 541. The number of hydrogen-bond donors (Lipinski definition) is 1. The molecule has 2 rings (SSSR count). The van der Waals surface area contributed by atoms with E-state index in [4.69, 9.17) is 0 Å². The molecule has 0 aliphatic carbocycles. The molecule has 0 aromatic carbocycles. The highest BCUT2D eigenvalue weighted by molar-refractivity contribution is 9.10. The monoisotopic (exact) mass is 292 g/mol. The molecular formula is C11H9BrN4O. The van der Waals surface area contributed by atoms with Crippen molar-refractivity contribution in [2.24, 2.45) is 0 Å². The van der Waals surface area contributed by atoms with Crippen LogP contribution in [0.3, 0.4) is 0 Å². The van der Waals surface area contributed by atoms with E-state index in [-0.39, 0.29) is 11.6 Å². The largest absolute Gasteiger partial charge is 0.318 e. The first-order chi connectivity index (χ1) is 8.16. The Balaban J connectivity index is 2.17. The van der Waals surface area contributed by atoms with Gasteiger partial charge in [-0.2, -0.15) is 0 Å². The quantitative estimate of drug-likeness (QED) is 0.862. The van der Waals surface area contributed by atoms with Gasteiger partial charge in [-0.3, -0.25) is 9.78 Å². The molecule has 17 heavy (non-hydrogen) atoms. The molecule has 0 fully saturated rings. The van der Waals surface area contributed by atoms with Crippen LogP contribution in [0.15, 0.2) is 35.3 Å². The molecule has 0 spiro atoms. The molecule has 0 atom stereocenters. The average molecular weight is 293 g/mol. The van der Waals surface area contributed by atoms with E-state index in [0.29, 0.717) is 10.3 Å². The third kappa shape index (κ3) is 2.85. The molecule has 0 unspecified atom stereocenters. The molecule has 2 heterocycles. The van der Waals surface area contributed by atoms with E-state index < -0.39 is 0 Å². The molecule has 86 valence electrons. The highest BCUT2D eigenvalue weighted by Gasteiger charge is 2.09. The SMILES string of the molecule is Cc1cnc(C(=O)Nc2cccnc2Br)cn1. The first-order valence-electron chi connectivity index (χ1n) is 4.87. The van der Waals surface area contributed by atoms with Gasteiger partial charge in [-0.25, -0.2) is 9.97 Å². The van der Waals surface area contributed by atoms with Crippen molar-refractivity contribution in [1.29, 1.82) is 0 Å². The fraction of sp³-hybridized carbons (Fsp3) is 0.0909. The number of pyridine rings is 1. The molecule has 5 nitrogen and oxygen atoms in total. The van der Waals surface area contributed by atoms with E-state index >= 15 is 0 Å². The van der Waals surface area contributed by atoms with Crippen LogP contribution in [0.1, 0.15) is 16.2 Å². The van der Waals surface area contributed by atoms with Crippen LogP contribution < -0.4 is 5.32 Å². The maximum atomic E-state index is 11.8. The van der Waals surface area contributed by atoms with Crippen molar-refractivity contribution in [1.82, 2.24) is 15.0 Å². The predicted octanol–water partition coefficient (Wildman–Crippen LogP) is 2.19. The van der Waals surface area contributed by atoms with Crippen molar-refractivity contribution in [3.05, 3.63) is 46.7 Å². The first kappa shape index (κ1) is 11.7. The molecule has 6 heteroatoms. The molecular weight excluding hydrogens is 284 g/mol. The summed E-state index contributed by atoms with van der Waals surface area (Å²) < 4.78 is 0.577. The number of nitrogens with zero attached hydrogens (tertiary/aromatic N) is 3. The maximum absolute atomic E-state index is 11.8. The summed E-state index contributed by atoms with van der Waals surface area (Å²) in [7, 11) is 0. The summed E-state index contributed by atoms with van der Waals surface area (Å²) >= 11 is 3.25. The number of carbonyl (C=O) groups is 1. The van der Waals surface area contributed by atoms with Gasteiger partial charge in [0.2, 0.25) is 0 Å². The number of hydrogen-bond acceptors (Lipinski definition) is 4. The normalized spacial score (nSPS) is 10.0. The van der Waals surface area contributed by atoms with Crippen LogP contribution in [-0.2, 0) is 0 Å². The zero-order chi connectivity index (χ0) is 12.3. The van der Waals surface area contributed by atoms with Crippen molar-refractivity contribution in [2.75, 3.05) is 5.32 Å². The van der Waals surface area contributed by atoms with Gasteiger partial charge in [-0.05, 0) is 35.0 Å². The topological polar surface area (TPSA) is 67.8 Å². The Morgan fingerprint density at radius 2 is 2.12 bits per heavy atom. The van der Waals surface area contributed by atoms with Crippen molar-refractivity contribution in [3.63, 3.8) is 0 Å². The molecule has 0 aliphatic heterocycles. The summed E-state index contributed by atoms with van der Waals surface area (Å²) in [6.07, 6.45) is 4.62. The summed E-state index contributed by atoms with van der Waals surface area (Å²) in [5.41, 5.74) is 1.63. The van der Waals surface area contributed by atoms with Crippen LogP contribution >= 0.6 is 15.9 Å². The van der Waals surface area contributed by atoms with E-state index in [1.807, 2.05) is 6.92 Å². The van der Waals surface area contributed by atoms with Crippen LogP contribution in [0.25, 0.3) is 0 Å². The lowest BCUT2D eigenvalue weighted by atomic mass is 10.3. The molecule has 0 saturated carbocycles. The maximum Gasteiger partial charge on any atom is 0.275 e. The molecule has 0 saturated heterocycles. The van der Waals surface area contributed by atoms with Gasteiger partial charge >= 0.3 is 0 Å². The number of carbonyl (C=O) groups excluding carboxylic acids is 1. The number of aromatic nitrogens is 3.